The third-order valence-electron chi connectivity index (χ3n) is 3.22. The first kappa shape index (κ1) is 15.7. The molecule has 1 aromatic heterocycles. The highest BCUT2D eigenvalue weighted by Gasteiger charge is 2.17. The zero-order valence-corrected chi connectivity index (χ0v) is 13.2. The first-order chi connectivity index (χ1) is 9.83. The summed E-state index contributed by atoms with van der Waals surface area (Å²) in [6.45, 7) is 7.63. The van der Waals surface area contributed by atoms with E-state index in [1.54, 1.807) is 24.9 Å². The fourth-order valence-electron chi connectivity index (χ4n) is 2.21. The first-order valence-electron chi connectivity index (χ1n) is 7.17. The second-order valence-corrected chi connectivity index (χ2v) is 6.30. The summed E-state index contributed by atoms with van der Waals surface area (Å²) < 4.78 is 1.77. The number of benzene rings is 1. The van der Waals surface area contributed by atoms with Crippen molar-refractivity contribution in [3.05, 3.63) is 47.5 Å². The fourth-order valence-corrected chi connectivity index (χ4v) is 2.21. The zero-order valence-electron chi connectivity index (χ0n) is 13.2. The summed E-state index contributed by atoms with van der Waals surface area (Å²) in [6, 6.07) is 8.54. The van der Waals surface area contributed by atoms with E-state index in [4.69, 9.17) is 0 Å². The Balaban J connectivity index is 1.98. The molecule has 0 spiro atoms. The molecule has 5 heteroatoms. The molecule has 0 saturated heterocycles. The summed E-state index contributed by atoms with van der Waals surface area (Å²) in [5, 5.41) is 14.1. The van der Waals surface area contributed by atoms with Gasteiger partial charge in [-0.05, 0) is 33.4 Å². The number of rotatable bonds is 6. The average Bonchev–Trinajstić information content (AvgIpc) is 2.77. The summed E-state index contributed by atoms with van der Waals surface area (Å²) in [5.41, 5.74) is 1.75. The van der Waals surface area contributed by atoms with Gasteiger partial charge < -0.3 is 5.11 Å². The summed E-state index contributed by atoms with van der Waals surface area (Å²) in [7, 11) is 2.06. The Morgan fingerprint density at radius 3 is 2.48 bits per heavy atom. The zero-order chi connectivity index (χ0) is 15.5. The van der Waals surface area contributed by atoms with Crippen molar-refractivity contribution in [2.45, 2.75) is 46.0 Å². The normalized spacial score (nSPS) is 12.1. The summed E-state index contributed by atoms with van der Waals surface area (Å²) in [4.78, 5) is 6.49. The van der Waals surface area contributed by atoms with Crippen LogP contribution in [0.4, 0.5) is 0 Å². The Morgan fingerprint density at radius 1 is 1.19 bits per heavy atom. The molecule has 114 valence electrons. The molecule has 0 unspecified atom stereocenters. The molecule has 0 aliphatic rings. The molecule has 21 heavy (non-hydrogen) atoms. The van der Waals surface area contributed by atoms with Crippen LogP contribution in [0.1, 0.15) is 30.8 Å². The van der Waals surface area contributed by atoms with Gasteiger partial charge in [-0.2, -0.15) is 5.10 Å². The predicted molar refractivity (Wildman–Crippen MR) is 82.7 cm³/mol. The van der Waals surface area contributed by atoms with E-state index < -0.39 is 5.60 Å². The molecule has 2 aromatic rings. The highest BCUT2D eigenvalue weighted by atomic mass is 16.3. The lowest BCUT2D eigenvalue weighted by atomic mass is 10.1. The minimum Gasteiger partial charge on any atom is -0.389 e. The van der Waals surface area contributed by atoms with Crippen LogP contribution in [-0.2, 0) is 19.6 Å². The van der Waals surface area contributed by atoms with E-state index >= 15 is 0 Å². The van der Waals surface area contributed by atoms with Gasteiger partial charge in [-0.3, -0.25) is 4.90 Å². The van der Waals surface area contributed by atoms with Crippen molar-refractivity contribution in [3.8, 4) is 0 Å². The molecule has 1 aromatic carbocycles. The predicted octanol–water partition coefficient (Wildman–Crippen LogP) is 1.99. The molecule has 1 heterocycles. The van der Waals surface area contributed by atoms with Gasteiger partial charge in [-0.15, -0.1) is 0 Å². The molecule has 1 N–H and O–H groups in total. The lowest BCUT2D eigenvalue weighted by Gasteiger charge is -2.20. The molecule has 0 aliphatic heterocycles. The molecule has 0 bridgehead atoms. The van der Waals surface area contributed by atoms with E-state index in [-0.39, 0.29) is 0 Å². The lowest BCUT2D eigenvalue weighted by Crippen LogP contribution is -2.29. The van der Waals surface area contributed by atoms with E-state index in [2.05, 4.69) is 53.2 Å². The van der Waals surface area contributed by atoms with Gasteiger partial charge in [0.2, 0.25) is 0 Å². The monoisotopic (exact) mass is 288 g/mol. The number of hydrogen-bond donors (Lipinski definition) is 1. The van der Waals surface area contributed by atoms with Gasteiger partial charge in [0, 0.05) is 6.54 Å². The fraction of sp³-hybridized carbons (Fsp3) is 0.500. The van der Waals surface area contributed by atoms with Crippen LogP contribution >= 0.6 is 0 Å². The molecule has 0 amide bonds. The Morgan fingerprint density at radius 2 is 1.86 bits per heavy atom. The van der Waals surface area contributed by atoms with Crippen LogP contribution in [0, 0.1) is 6.92 Å². The van der Waals surface area contributed by atoms with Gasteiger partial charge in [0.05, 0.1) is 18.7 Å². The first-order valence-corrected chi connectivity index (χ1v) is 7.17. The maximum absolute atomic E-state index is 9.91. The standard InChI is InChI=1S/C16H24N4O/c1-13-5-7-14(8-6-13)9-19(4)10-15-17-12-18-20(15)11-16(2,3)21/h5-8,12,21H,9-11H2,1-4H3. The third kappa shape index (κ3) is 4.95. The molecule has 0 radical (unpaired) electrons. The van der Waals surface area contributed by atoms with Gasteiger partial charge in [0.1, 0.15) is 12.2 Å². The van der Waals surface area contributed by atoms with Gasteiger partial charge in [0.25, 0.3) is 0 Å². The lowest BCUT2D eigenvalue weighted by molar-refractivity contribution is 0.0558. The largest absolute Gasteiger partial charge is 0.389 e. The average molecular weight is 288 g/mol. The van der Waals surface area contributed by atoms with Gasteiger partial charge in [-0.1, -0.05) is 29.8 Å². The molecular weight excluding hydrogens is 264 g/mol. The van der Waals surface area contributed by atoms with E-state index in [9.17, 15) is 5.11 Å². The van der Waals surface area contributed by atoms with Crippen molar-refractivity contribution in [3.63, 3.8) is 0 Å². The SMILES string of the molecule is Cc1ccc(CN(C)Cc2ncnn2CC(C)(C)O)cc1. The van der Waals surface area contributed by atoms with Crippen molar-refractivity contribution >= 4 is 0 Å². The van der Waals surface area contributed by atoms with Crippen LogP contribution in [0.5, 0.6) is 0 Å². The molecule has 0 atom stereocenters. The highest BCUT2D eigenvalue weighted by molar-refractivity contribution is 5.21. The quantitative estimate of drug-likeness (QED) is 0.883. The van der Waals surface area contributed by atoms with E-state index in [1.807, 2.05) is 0 Å². The van der Waals surface area contributed by atoms with Crippen LogP contribution in [0.2, 0.25) is 0 Å². The smallest absolute Gasteiger partial charge is 0.141 e. The number of hydrogen-bond acceptors (Lipinski definition) is 4. The van der Waals surface area contributed by atoms with Crippen LogP contribution in [0.3, 0.4) is 0 Å². The summed E-state index contributed by atoms with van der Waals surface area (Å²) in [6.07, 6.45) is 1.54. The van der Waals surface area contributed by atoms with Crippen LogP contribution in [-0.4, -0.2) is 37.4 Å². The minimum absolute atomic E-state index is 0.445. The van der Waals surface area contributed by atoms with Crippen LogP contribution in [0.25, 0.3) is 0 Å². The van der Waals surface area contributed by atoms with Gasteiger partial charge in [-0.25, -0.2) is 9.67 Å². The molecule has 2 rings (SSSR count). The molecule has 0 saturated carbocycles. The Labute approximate surface area is 126 Å². The Bertz CT molecular complexity index is 569. The maximum Gasteiger partial charge on any atom is 0.141 e. The van der Waals surface area contributed by atoms with Gasteiger partial charge in [0.15, 0.2) is 0 Å². The second kappa shape index (κ2) is 6.37. The summed E-state index contributed by atoms with van der Waals surface area (Å²) >= 11 is 0. The maximum atomic E-state index is 9.91. The number of aromatic nitrogens is 3. The molecular formula is C16H24N4O. The van der Waals surface area contributed by atoms with Gasteiger partial charge >= 0.3 is 0 Å². The van der Waals surface area contributed by atoms with Crippen molar-refractivity contribution in [1.29, 1.82) is 0 Å². The number of aryl methyl sites for hydroxylation is 1. The topological polar surface area (TPSA) is 54.2 Å². The third-order valence-corrected chi connectivity index (χ3v) is 3.22. The van der Waals surface area contributed by atoms with E-state index in [0.717, 1.165) is 12.4 Å². The van der Waals surface area contributed by atoms with Crippen molar-refractivity contribution < 1.29 is 5.11 Å². The van der Waals surface area contributed by atoms with Crippen molar-refractivity contribution in [1.82, 2.24) is 19.7 Å². The van der Waals surface area contributed by atoms with Crippen molar-refractivity contribution in [2.24, 2.45) is 0 Å². The number of aliphatic hydroxyl groups is 1. The highest BCUT2D eigenvalue weighted by Crippen LogP contribution is 2.10. The Kier molecular flexibility index (Phi) is 4.75. The van der Waals surface area contributed by atoms with Crippen molar-refractivity contribution in [2.75, 3.05) is 7.05 Å². The summed E-state index contributed by atoms with van der Waals surface area (Å²) in [5.74, 6) is 0.867. The Hall–Kier alpha value is -1.72. The second-order valence-electron chi connectivity index (χ2n) is 6.30. The minimum atomic E-state index is -0.794. The molecule has 0 aliphatic carbocycles. The van der Waals surface area contributed by atoms with Crippen LogP contribution < -0.4 is 0 Å². The van der Waals surface area contributed by atoms with E-state index in [0.29, 0.717) is 13.1 Å². The van der Waals surface area contributed by atoms with Crippen LogP contribution in [0.15, 0.2) is 30.6 Å². The van der Waals surface area contributed by atoms with E-state index in [1.165, 1.54) is 11.1 Å². The molecule has 5 nitrogen and oxygen atoms in total. The molecule has 0 fully saturated rings. The number of nitrogens with zero attached hydrogens (tertiary/aromatic N) is 4.